The molecule has 1 fully saturated rings. The van der Waals surface area contributed by atoms with Gasteiger partial charge in [-0.25, -0.2) is 9.78 Å². The third-order valence-corrected chi connectivity index (χ3v) is 4.12. The van der Waals surface area contributed by atoms with Gasteiger partial charge in [-0.3, -0.25) is 4.90 Å². The van der Waals surface area contributed by atoms with E-state index in [2.05, 4.69) is 20.5 Å². The number of carbonyl (C=O) groups is 1. The number of urea groups is 1. The van der Waals surface area contributed by atoms with Crippen molar-refractivity contribution in [2.75, 3.05) is 26.2 Å². The molecule has 0 unspecified atom stereocenters. The van der Waals surface area contributed by atoms with Gasteiger partial charge in [-0.05, 0) is 38.1 Å². The van der Waals surface area contributed by atoms with Gasteiger partial charge in [0.15, 0.2) is 0 Å². The van der Waals surface area contributed by atoms with Crippen molar-refractivity contribution in [3.8, 4) is 0 Å². The second-order valence-electron chi connectivity index (χ2n) is 5.71. The van der Waals surface area contributed by atoms with Crippen LogP contribution in [0.3, 0.4) is 0 Å². The highest BCUT2D eigenvalue weighted by atomic mass is 16.3. The lowest BCUT2D eigenvalue weighted by atomic mass is 10.2. The molecule has 1 aliphatic heterocycles. The Morgan fingerprint density at radius 1 is 1.35 bits per heavy atom. The first kappa shape index (κ1) is 15.6. The van der Waals surface area contributed by atoms with Gasteiger partial charge >= 0.3 is 6.03 Å². The summed E-state index contributed by atoms with van der Waals surface area (Å²) in [4.78, 5) is 18.3. The monoisotopic (exact) mass is 317 g/mol. The number of carbonyl (C=O) groups excluding carboxylic acids is 1. The summed E-state index contributed by atoms with van der Waals surface area (Å²) in [6.45, 7) is 3.92. The van der Waals surface area contributed by atoms with E-state index in [9.17, 15) is 4.79 Å². The van der Waals surface area contributed by atoms with E-state index in [1.54, 1.807) is 18.8 Å². The van der Waals surface area contributed by atoms with E-state index in [1.165, 1.54) is 12.8 Å². The van der Waals surface area contributed by atoms with Crippen molar-refractivity contribution < 1.29 is 9.21 Å². The molecule has 3 heterocycles. The molecule has 3 rings (SSSR count). The van der Waals surface area contributed by atoms with Crippen LogP contribution in [0, 0.1) is 0 Å². The van der Waals surface area contributed by atoms with E-state index in [-0.39, 0.29) is 12.1 Å². The number of amides is 2. The van der Waals surface area contributed by atoms with Crippen molar-refractivity contribution in [2.45, 2.75) is 25.4 Å². The lowest BCUT2D eigenvalue weighted by Gasteiger charge is -2.26. The maximum absolute atomic E-state index is 12.0. The lowest BCUT2D eigenvalue weighted by molar-refractivity contribution is 0.203. The van der Waals surface area contributed by atoms with Crippen LogP contribution in [-0.4, -0.2) is 46.7 Å². The van der Waals surface area contributed by atoms with Crippen molar-refractivity contribution >= 4 is 6.03 Å². The number of nitrogens with zero attached hydrogens (tertiary/aromatic N) is 3. The normalized spacial score (nSPS) is 16.3. The summed E-state index contributed by atoms with van der Waals surface area (Å²) in [5.41, 5.74) is 0. The molecule has 2 aromatic rings. The molecule has 0 bridgehead atoms. The fourth-order valence-electron chi connectivity index (χ4n) is 2.91. The van der Waals surface area contributed by atoms with Gasteiger partial charge in [0.25, 0.3) is 0 Å². The number of likely N-dealkylation sites (tertiary alicyclic amines) is 1. The van der Waals surface area contributed by atoms with Gasteiger partial charge in [-0.1, -0.05) is 0 Å². The lowest BCUT2D eigenvalue weighted by Crippen LogP contribution is -2.42. The fourth-order valence-corrected chi connectivity index (χ4v) is 2.91. The first-order valence-corrected chi connectivity index (χ1v) is 8.08. The molecular formula is C16H23N5O2. The first-order valence-electron chi connectivity index (χ1n) is 8.08. The van der Waals surface area contributed by atoms with Crippen LogP contribution in [-0.2, 0) is 6.54 Å². The third kappa shape index (κ3) is 4.35. The zero-order valence-electron chi connectivity index (χ0n) is 13.1. The van der Waals surface area contributed by atoms with Crippen LogP contribution in [0.25, 0.3) is 0 Å². The Morgan fingerprint density at radius 2 is 2.22 bits per heavy atom. The number of hydrogen-bond donors (Lipinski definition) is 2. The number of furan rings is 1. The van der Waals surface area contributed by atoms with Gasteiger partial charge in [0, 0.05) is 32.0 Å². The predicted molar refractivity (Wildman–Crippen MR) is 85.9 cm³/mol. The van der Waals surface area contributed by atoms with E-state index < -0.39 is 0 Å². The maximum Gasteiger partial charge on any atom is 0.314 e. The molecule has 0 saturated carbocycles. The molecule has 0 spiro atoms. The number of imidazole rings is 1. The average molecular weight is 317 g/mol. The molecule has 7 nitrogen and oxygen atoms in total. The Labute approximate surface area is 135 Å². The van der Waals surface area contributed by atoms with Gasteiger partial charge in [-0.2, -0.15) is 0 Å². The molecule has 23 heavy (non-hydrogen) atoms. The zero-order valence-corrected chi connectivity index (χ0v) is 13.1. The van der Waals surface area contributed by atoms with Crippen molar-refractivity contribution in [3.63, 3.8) is 0 Å². The van der Waals surface area contributed by atoms with Crippen LogP contribution < -0.4 is 10.6 Å². The van der Waals surface area contributed by atoms with E-state index in [1.807, 2.05) is 22.9 Å². The van der Waals surface area contributed by atoms with E-state index in [0.717, 1.165) is 18.8 Å². The average Bonchev–Trinajstić information content (AvgIpc) is 3.31. The van der Waals surface area contributed by atoms with E-state index >= 15 is 0 Å². The number of rotatable bonds is 7. The quantitative estimate of drug-likeness (QED) is 0.813. The fraction of sp³-hybridized carbons (Fsp3) is 0.500. The Hall–Kier alpha value is -2.28. The smallest absolute Gasteiger partial charge is 0.314 e. The van der Waals surface area contributed by atoms with Crippen LogP contribution in [0.2, 0.25) is 0 Å². The SMILES string of the molecule is O=C(NCCn1ccnc1)NC[C@@H](c1ccco1)N1CCCC1. The van der Waals surface area contributed by atoms with Crippen molar-refractivity contribution in [1.29, 1.82) is 0 Å². The minimum absolute atomic E-state index is 0.104. The minimum atomic E-state index is -0.152. The molecule has 0 aromatic carbocycles. The largest absolute Gasteiger partial charge is 0.468 e. The van der Waals surface area contributed by atoms with Crippen LogP contribution in [0.15, 0.2) is 41.5 Å². The van der Waals surface area contributed by atoms with Crippen LogP contribution in [0.1, 0.15) is 24.6 Å². The molecule has 2 amide bonds. The van der Waals surface area contributed by atoms with Crippen molar-refractivity contribution in [2.24, 2.45) is 0 Å². The Balaban J connectivity index is 1.45. The summed E-state index contributed by atoms with van der Waals surface area (Å²) < 4.78 is 7.47. The Bertz CT molecular complexity index is 576. The molecule has 0 radical (unpaired) electrons. The summed E-state index contributed by atoms with van der Waals surface area (Å²) in [5.74, 6) is 0.908. The second-order valence-corrected chi connectivity index (χ2v) is 5.71. The van der Waals surface area contributed by atoms with Crippen LogP contribution >= 0.6 is 0 Å². The second kappa shape index (κ2) is 7.82. The van der Waals surface area contributed by atoms with Crippen LogP contribution in [0.5, 0.6) is 0 Å². The first-order chi connectivity index (χ1) is 11.3. The number of nitrogens with one attached hydrogen (secondary N) is 2. The minimum Gasteiger partial charge on any atom is -0.468 e. The summed E-state index contributed by atoms with van der Waals surface area (Å²) >= 11 is 0. The Kier molecular flexibility index (Phi) is 5.31. The molecule has 1 atom stereocenters. The highest BCUT2D eigenvalue weighted by Gasteiger charge is 2.25. The molecule has 2 aromatic heterocycles. The zero-order chi connectivity index (χ0) is 15.9. The van der Waals surface area contributed by atoms with Gasteiger partial charge < -0.3 is 19.6 Å². The molecule has 0 aliphatic carbocycles. The molecule has 7 heteroatoms. The highest BCUT2D eigenvalue weighted by Crippen LogP contribution is 2.24. The third-order valence-electron chi connectivity index (χ3n) is 4.12. The summed E-state index contributed by atoms with van der Waals surface area (Å²) in [7, 11) is 0. The standard InChI is InChI=1S/C16H23N5O2/c22-16(18-6-10-20-9-5-17-13-20)19-12-14(15-4-3-11-23-15)21-7-1-2-8-21/h3-5,9,11,13-14H,1-2,6-8,10,12H2,(H2,18,19,22)/t14-/m0/s1. The van der Waals surface area contributed by atoms with Gasteiger partial charge in [0.05, 0.1) is 18.6 Å². The molecule has 1 saturated heterocycles. The molecule has 1 aliphatic rings. The molecule has 124 valence electrons. The summed E-state index contributed by atoms with van der Waals surface area (Å²) in [6.07, 6.45) is 9.43. The van der Waals surface area contributed by atoms with E-state index in [4.69, 9.17) is 4.42 Å². The summed E-state index contributed by atoms with van der Waals surface area (Å²) in [6, 6.07) is 3.82. The Morgan fingerprint density at radius 3 is 2.91 bits per heavy atom. The maximum atomic E-state index is 12.0. The van der Waals surface area contributed by atoms with Crippen LogP contribution in [0.4, 0.5) is 4.79 Å². The highest BCUT2D eigenvalue weighted by molar-refractivity contribution is 5.73. The van der Waals surface area contributed by atoms with Gasteiger partial charge in [0.2, 0.25) is 0 Å². The topological polar surface area (TPSA) is 75.3 Å². The van der Waals surface area contributed by atoms with Crippen molar-refractivity contribution in [1.82, 2.24) is 25.1 Å². The summed E-state index contributed by atoms with van der Waals surface area (Å²) in [5, 5.41) is 5.82. The van der Waals surface area contributed by atoms with E-state index in [0.29, 0.717) is 19.6 Å². The number of hydrogen-bond acceptors (Lipinski definition) is 4. The molecular weight excluding hydrogens is 294 g/mol. The van der Waals surface area contributed by atoms with Gasteiger partial charge in [0.1, 0.15) is 5.76 Å². The number of aromatic nitrogens is 2. The predicted octanol–water partition coefficient (Wildman–Crippen LogP) is 1.61. The molecule has 2 N–H and O–H groups in total. The van der Waals surface area contributed by atoms with Crippen molar-refractivity contribution in [3.05, 3.63) is 42.9 Å². The van der Waals surface area contributed by atoms with Gasteiger partial charge in [-0.15, -0.1) is 0 Å².